The van der Waals surface area contributed by atoms with Gasteiger partial charge in [0.05, 0.1) is 6.61 Å². The summed E-state index contributed by atoms with van der Waals surface area (Å²) in [4.78, 5) is 3.41. The Hall–Kier alpha value is -0.230. The van der Waals surface area contributed by atoms with Crippen LogP contribution in [0, 0.1) is 0 Å². The molecule has 0 spiro atoms. The second-order valence-corrected chi connectivity index (χ2v) is 2.19. The predicted octanol–water partition coefficient (Wildman–Crippen LogP) is 1.26. The minimum atomic E-state index is -1.41. The van der Waals surface area contributed by atoms with Crippen molar-refractivity contribution in [2.24, 2.45) is 0 Å². The lowest BCUT2D eigenvalue weighted by Crippen LogP contribution is -2.41. The van der Waals surface area contributed by atoms with Gasteiger partial charge in [0.2, 0.25) is 0 Å². The van der Waals surface area contributed by atoms with Gasteiger partial charge >= 0.3 is 5.97 Å². The molecule has 0 saturated carbocycles. The van der Waals surface area contributed by atoms with Crippen molar-refractivity contribution in [2.75, 3.05) is 27.4 Å². The van der Waals surface area contributed by atoms with E-state index in [0.717, 1.165) is 6.42 Å². The van der Waals surface area contributed by atoms with Crippen LogP contribution in [0.4, 0.5) is 4.53 Å². The zero-order valence-corrected chi connectivity index (χ0v) is 7.63. The van der Waals surface area contributed by atoms with Crippen molar-refractivity contribution < 1.29 is 23.7 Å². The lowest BCUT2D eigenvalue weighted by atomic mass is 10.5. The Balaban J connectivity index is 3.95. The summed E-state index contributed by atoms with van der Waals surface area (Å²) in [6.07, 6.45) is 0.792. The summed E-state index contributed by atoms with van der Waals surface area (Å²) < 4.78 is 26.3. The van der Waals surface area contributed by atoms with Crippen LogP contribution < -0.4 is 0 Å². The molecule has 0 aromatic rings. The molecule has 0 unspecified atom stereocenters. The molecule has 0 aliphatic heterocycles. The Morgan fingerprint density at radius 2 is 1.83 bits per heavy atom. The van der Waals surface area contributed by atoms with E-state index in [9.17, 15) is 4.53 Å². The second-order valence-electron chi connectivity index (χ2n) is 2.19. The average Bonchev–Trinajstić information content (AvgIpc) is 2.13. The molecule has 0 atom stereocenters. The molecule has 0 aliphatic carbocycles. The molecular weight excluding hydrogens is 167 g/mol. The third kappa shape index (κ3) is 3.44. The van der Waals surface area contributed by atoms with Gasteiger partial charge in [0.1, 0.15) is 0 Å². The molecule has 4 nitrogen and oxygen atoms in total. The summed E-state index contributed by atoms with van der Waals surface area (Å²) in [5, 5.41) is 0. The molecule has 0 bridgehead atoms. The highest BCUT2D eigenvalue weighted by Crippen LogP contribution is 2.14. The molecule has 0 aromatic carbocycles. The molecule has 0 heterocycles. The first-order valence-electron chi connectivity index (χ1n) is 3.72. The minimum absolute atomic E-state index is 0.403. The van der Waals surface area contributed by atoms with E-state index in [2.05, 4.69) is 4.94 Å². The van der Waals surface area contributed by atoms with Crippen LogP contribution in [0.1, 0.15) is 13.3 Å². The van der Waals surface area contributed by atoms with Crippen molar-refractivity contribution in [1.82, 2.24) is 0 Å². The molecule has 74 valence electrons. The second kappa shape index (κ2) is 6.30. The van der Waals surface area contributed by atoms with Crippen molar-refractivity contribution in [2.45, 2.75) is 19.3 Å². The number of rotatable bonds is 7. The van der Waals surface area contributed by atoms with Gasteiger partial charge in [-0.3, -0.25) is 0 Å². The standard InChI is InChI=1S/C7H15FO4/c1-4-5-11-7(9-2,10-3)6-12-8/h4-6H2,1-3H3. The maximum atomic E-state index is 11.5. The maximum Gasteiger partial charge on any atom is 0.310 e. The third-order valence-electron chi connectivity index (χ3n) is 1.38. The fraction of sp³-hybridized carbons (Fsp3) is 1.00. The first-order valence-corrected chi connectivity index (χ1v) is 3.72. The van der Waals surface area contributed by atoms with Crippen LogP contribution in [0.25, 0.3) is 0 Å². The molecule has 0 aromatic heterocycles. The van der Waals surface area contributed by atoms with Gasteiger partial charge in [-0.1, -0.05) is 6.92 Å². The Labute approximate surface area is 71.4 Å². The summed E-state index contributed by atoms with van der Waals surface area (Å²) >= 11 is 0. The Kier molecular flexibility index (Phi) is 6.18. The van der Waals surface area contributed by atoms with Crippen molar-refractivity contribution in [3.63, 3.8) is 0 Å². The van der Waals surface area contributed by atoms with E-state index >= 15 is 0 Å². The molecule has 0 aliphatic rings. The molecule has 0 fully saturated rings. The van der Waals surface area contributed by atoms with Gasteiger partial charge in [-0.05, 0) is 10.9 Å². The van der Waals surface area contributed by atoms with Gasteiger partial charge in [0.25, 0.3) is 0 Å². The average molecular weight is 182 g/mol. The molecule has 0 saturated heterocycles. The first-order chi connectivity index (χ1) is 5.74. The van der Waals surface area contributed by atoms with E-state index in [1.807, 2.05) is 6.92 Å². The van der Waals surface area contributed by atoms with Gasteiger partial charge in [0, 0.05) is 14.2 Å². The zero-order valence-electron chi connectivity index (χ0n) is 7.63. The molecule has 12 heavy (non-hydrogen) atoms. The predicted molar refractivity (Wildman–Crippen MR) is 40.1 cm³/mol. The van der Waals surface area contributed by atoms with Crippen LogP contribution in [-0.2, 0) is 19.2 Å². The lowest BCUT2D eigenvalue weighted by Gasteiger charge is -2.27. The monoisotopic (exact) mass is 182 g/mol. The van der Waals surface area contributed by atoms with Crippen LogP contribution in [0.3, 0.4) is 0 Å². The van der Waals surface area contributed by atoms with Gasteiger partial charge in [-0.15, -0.1) is 0 Å². The Bertz CT molecular complexity index is 106. The quantitative estimate of drug-likeness (QED) is 0.555. The highest BCUT2D eigenvalue weighted by atomic mass is 19.3. The molecule has 0 radical (unpaired) electrons. The Morgan fingerprint density at radius 3 is 2.17 bits per heavy atom. The smallest absolute Gasteiger partial charge is 0.310 e. The van der Waals surface area contributed by atoms with Gasteiger partial charge in [0.15, 0.2) is 6.61 Å². The van der Waals surface area contributed by atoms with Crippen LogP contribution in [0.5, 0.6) is 0 Å². The Morgan fingerprint density at radius 1 is 1.25 bits per heavy atom. The van der Waals surface area contributed by atoms with E-state index in [-0.39, 0.29) is 0 Å². The fourth-order valence-electron chi connectivity index (χ4n) is 0.685. The van der Waals surface area contributed by atoms with Gasteiger partial charge < -0.3 is 14.2 Å². The molecule has 0 amide bonds. The summed E-state index contributed by atoms with van der Waals surface area (Å²) in [6.45, 7) is 1.94. The first kappa shape index (κ1) is 11.8. The SMILES string of the molecule is CCCOC(COF)(OC)OC. The largest absolute Gasteiger partial charge is 0.329 e. The third-order valence-corrected chi connectivity index (χ3v) is 1.38. The van der Waals surface area contributed by atoms with Crippen molar-refractivity contribution in [1.29, 1.82) is 0 Å². The van der Waals surface area contributed by atoms with E-state index in [4.69, 9.17) is 14.2 Å². The van der Waals surface area contributed by atoms with Crippen LogP contribution in [0.2, 0.25) is 0 Å². The summed E-state index contributed by atoms with van der Waals surface area (Å²) in [7, 11) is 2.72. The van der Waals surface area contributed by atoms with Crippen LogP contribution >= 0.6 is 0 Å². The van der Waals surface area contributed by atoms with E-state index < -0.39 is 12.6 Å². The number of halogens is 1. The maximum absolute atomic E-state index is 11.5. The number of hydrogen-bond acceptors (Lipinski definition) is 4. The van der Waals surface area contributed by atoms with Crippen molar-refractivity contribution in [3.8, 4) is 0 Å². The molecular formula is C7H15FO4. The van der Waals surface area contributed by atoms with Crippen LogP contribution in [-0.4, -0.2) is 33.4 Å². The van der Waals surface area contributed by atoms with Gasteiger partial charge in [-0.2, -0.15) is 4.94 Å². The molecule has 5 heteroatoms. The molecule has 0 N–H and O–H groups in total. The summed E-state index contributed by atoms with van der Waals surface area (Å²) in [6, 6.07) is 0. The minimum Gasteiger partial charge on any atom is -0.329 e. The topological polar surface area (TPSA) is 36.9 Å². The summed E-state index contributed by atoms with van der Waals surface area (Å²) in [5.41, 5.74) is 0. The van der Waals surface area contributed by atoms with E-state index in [1.54, 1.807) is 0 Å². The number of hydrogen-bond donors (Lipinski definition) is 0. The molecule has 0 rings (SSSR count). The van der Waals surface area contributed by atoms with Gasteiger partial charge in [-0.25, -0.2) is 0 Å². The zero-order chi connectivity index (χ0) is 9.45. The van der Waals surface area contributed by atoms with Crippen molar-refractivity contribution in [3.05, 3.63) is 0 Å². The number of methoxy groups -OCH3 is 2. The highest BCUT2D eigenvalue weighted by Gasteiger charge is 2.31. The highest BCUT2D eigenvalue weighted by molar-refractivity contribution is 4.52. The van der Waals surface area contributed by atoms with Crippen LogP contribution in [0.15, 0.2) is 0 Å². The van der Waals surface area contributed by atoms with Crippen molar-refractivity contribution >= 4 is 0 Å². The fourth-order valence-corrected chi connectivity index (χ4v) is 0.685. The lowest BCUT2D eigenvalue weighted by molar-refractivity contribution is -0.396. The summed E-state index contributed by atoms with van der Waals surface area (Å²) in [5.74, 6) is -1.41. The van der Waals surface area contributed by atoms with E-state index in [1.165, 1.54) is 14.2 Å². The normalized spacial score (nSPS) is 12.0. The van der Waals surface area contributed by atoms with E-state index in [0.29, 0.717) is 6.61 Å². The number of ether oxygens (including phenoxy) is 3.